The molecule has 146 valence electrons. The summed E-state index contributed by atoms with van der Waals surface area (Å²) in [7, 11) is -3.30. The molecule has 4 rings (SSSR count). The summed E-state index contributed by atoms with van der Waals surface area (Å²) in [5.74, 6) is -0.221. The summed E-state index contributed by atoms with van der Waals surface area (Å²) < 4.78 is 24.7. The third-order valence-electron chi connectivity index (χ3n) is 5.19. The van der Waals surface area contributed by atoms with Crippen LogP contribution in [0.25, 0.3) is 0 Å². The van der Waals surface area contributed by atoms with Crippen LogP contribution >= 0.6 is 0 Å². The Balaban J connectivity index is 1.79. The van der Waals surface area contributed by atoms with E-state index in [2.05, 4.69) is 0 Å². The Labute approximate surface area is 162 Å². The van der Waals surface area contributed by atoms with Gasteiger partial charge in [-0.25, -0.2) is 13.2 Å². The maximum absolute atomic E-state index is 13.3. The van der Waals surface area contributed by atoms with Crippen molar-refractivity contribution in [1.82, 2.24) is 0 Å². The van der Waals surface area contributed by atoms with Crippen molar-refractivity contribution in [3.63, 3.8) is 0 Å². The lowest BCUT2D eigenvalue weighted by Crippen LogP contribution is -2.38. The molecular weight excluding hydrogens is 382 g/mol. The van der Waals surface area contributed by atoms with Gasteiger partial charge in [0.25, 0.3) is 5.69 Å². The number of benzene rings is 2. The monoisotopic (exact) mass is 401 g/mol. The van der Waals surface area contributed by atoms with Gasteiger partial charge < -0.3 is 0 Å². The van der Waals surface area contributed by atoms with Gasteiger partial charge in [0, 0.05) is 23.5 Å². The van der Waals surface area contributed by atoms with Crippen molar-refractivity contribution in [2.24, 2.45) is 0 Å². The van der Waals surface area contributed by atoms with Crippen LogP contribution in [-0.2, 0) is 9.84 Å². The van der Waals surface area contributed by atoms with E-state index in [0.717, 1.165) is 11.1 Å². The Bertz CT molecular complexity index is 1060. The molecule has 2 aromatic carbocycles. The summed E-state index contributed by atoms with van der Waals surface area (Å²) in [4.78, 5) is 26.7. The molecular formula is C19H19N3O5S. The number of nitro groups is 1. The third kappa shape index (κ3) is 3.01. The highest BCUT2D eigenvalue weighted by atomic mass is 32.2. The standard InChI is InChI=1S/C19H19N3O5S/c1-12-7-13(2)9-16(8-12)21-18-11-28(26,27)10-17(18)20(19(21)23)14-3-5-15(6-4-14)22(24)25/h3-9,17-18H,10-11H2,1-2H3/t17-,18-/m0/s1. The van der Waals surface area contributed by atoms with Crippen molar-refractivity contribution >= 4 is 32.9 Å². The second kappa shape index (κ2) is 6.30. The van der Waals surface area contributed by atoms with E-state index in [1.165, 1.54) is 29.2 Å². The van der Waals surface area contributed by atoms with E-state index < -0.39 is 26.8 Å². The van der Waals surface area contributed by atoms with Gasteiger partial charge >= 0.3 is 6.03 Å². The summed E-state index contributed by atoms with van der Waals surface area (Å²) in [5, 5.41) is 10.9. The van der Waals surface area contributed by atoms with E-state index in [1.54, 1.807) is 4.90 Å². The molecule has 9 heteroatoms. The van der Waals surface area contributed by atoms with E-state index in [0.29, 0.717) is 11.4 Å². The van der Waals surface area contributed by atoms with Crippen LogP contribution in [0.15, 0.2) is 42.5 Å². The van der Waals surface area contributed by atoms with Crippen LogP contribution in [0.2, 0.25) is 0 Å². The first-order chi connectivity index (χ1) is 13.2. The van der Waals surface area contributed by atoms with Crippen LogP contribution in [0, 0.1) is 24.0 Å². The maximum atomic E-state index is 13.3. The Hall–Kier alpha value is -2.94. The second-order valence-electron chi connectivity index (χ2n) is 7.35. The topological polar surface area (TPSA) is 101 Å². The SMILES string of the molecule is Cc1cc(C)cc(N2C(=O)N(c3ccc([N+](=O)[O-])cc3)[C@H]3CS(=O)(=O)C[C@@H]32)c1. The Morgan fingerprint density at radius 2 is 1.43 bits per heavy atom. The Morgan fingerprint density at radius 3 is 1.93 bits per heavy atom. The van der Waals surface area contributed by atoms with Gasteiger partial charge in [0.1, 0.15) is 0 Å². The molecule has 2 aliphatic rings. The minimum absolute atomic E-state index is 0.0860. The highest BCUT2D eigenvalue weighted by molar-refractivity contribution is 7.91. The number of carbonyl (C=O) groups is 1. The lowest BCUT2D eigenvalue weighted by molar-refractivity contribution is -0.384. The molecule has 0 aromatic heterocycles. The van der Waals surface area contributed by atoms with E-state index in [1.807, 2.05) is 32.0 Å². The van der Waals surface area contributed by atoms with Gasteiger partial charge in [-0.2, -0.15) is 0 Å². The lowest BCUT2D eigenvalue weighted by atomic mass is 10.1. The van der Waals surface area contributed by atoms with Crippen molar-refractivity contribution in [1.29, 1.82) is 0 Å². The minimum Gasteiger partial charge on any atom is -0.288 e. The molecule has 0 saturated carbocycles. The summed E-state index contributed by atoms with van der Waals surface area (Å²) in [6.07, 6.45) is 0. The molecule has 2 fully saturated rings. The van der Waals surface area contributed by atoms with Gasteiger partial charge in [0.15, 0.2) is 9.84 Å². The molecule has 2 aromatic rings. The first kappa shape index (κ1) is 18.4. The molecule has 0 unspecified atom stereocenters. The highest BCUT2D eigenvalue weighted by Gasteiger charge is 2.54. The fourth-order valence-electron chi connectivity index (χ4n) is 4.13. The largest absolute Gasteiger partial charge is 0.329 e. The molecule has 0 aliphatic carbocycles. The molecule has 2 atom stereocenters. The number of aryl methyl sites for hydroxylation is 2. The first-order valence-electron chi connectivity index (χ1n) is 8.82. The molecule has 2 amide bonds. The van der Waals surface area contributed by atoms with Gasteiger partial charge in [0.05, 0.1) is 28.5 Å². The number of nitro benzene ring substituents is 1. The number of amides is 2. The van der Waals surface area contributed by atoms with Crippen LogP contribution < -0.4 is 9.80 Å². The van der Waals surface area contributed by atoms with Crippen LogP contribution in [-0.4, -0.2) is 43.0 Å². The molecule has 0 bridgehead atoms. The van der Waals surface area contributed by atoms with Gasteiger partial charge in [-0.05, 0) is 49.2 Å². The highest BCUT2D eigenvalue weighted by Crippen LogP contribution is 2.38. The Morgan fingerprint density at radius 1 is 0.929 bits per heavy atom. The smallest absolute Gasteiger partial charge is 0.288 e. The molecule has 2 heterocycles. The lowest BCUT2D eigenvalue weighted by Gasteiger charge is -2.23. The van der Waals surface area contributed by atoms with Gasteiger partial charge in [-0.3, -0.25) is 19.9 Å². The van der Waals surface area contributed by atoms with E-state index in [-0.39, 0.29) is 23.2 Å². The zero-order chi connectivity index (χ0) is 20.2. The van der Waals surface area contributed by atoms with Gasteiger partial charge in [0.2, 0.25) is 0 Å². The van der Waals surface area contributed by atoms with Crippen molar-refractivity contribution in [2.45, 2.75) is 25.9 Å². The van der Waals surface area contributed by atoms with Gasteiger partial charge in [-0.15, -0.1) is 0 Å². The molecule has 2 saturated heterocycles. The van der Waals surface area contributed by atoms with Crippen molar-refractivity contribution in [2.75, 3.05) is 21.3 Å². The van der Waals surface area contributed by atoms with Crippen LogP contribution in [0.5, 0.6) is 0 Å². The average Bonchev–Trinajstić information content (AvgIpc) is 3.02. The normalized spacial score (nSPS) is 23.1. The van der Waals surface area contributed by atoms with Crippen molar-refractivity contribution < 1.29 is 18.1 Å². The number of urea groups is 1. The number of carbonyl (C=O) groups excluding carboxylic acids is 1. The fourth-order valence-corrected chi connectivity index (χ4v) is 6.05. The third-order valence-corrected chi connectivity index (χ3v) is 6.89. The molecule has 28 heavy (non-hydrogen) atoms. The molecule has 2 aliphatic heterocycles. The average molecular weight is 401 g/mol. The van der Waals surface area contributed by atoms with Crippen LogP contribution in [0.1, 0.15) is 11.1 Å². The number of hydrogen-bond acceptors (Lipinski definition) is 5. The summed E-state index contributed by atoms with van der Waals surface area (Å²) in [6.45, 7) is 3.85. The number of rotatable bonds is 3. The number of sulfone groups is 1. The number of fused-ring (bicyclic) bond motifs is 1. The van der Waals surface area contributed by atoms with Crippen LogP contribution in [0.3, 0.4) is 0 Å². The van der Waals surface area contributed by atoms with Crippen molar-refractivity contribution in [3.8, 4) is 0 Å². The van der Waals surface area contributed by atoms with Crippen LogP contribution in [0.4, 0.5) is 21.9 Å². The second-order valence-corrected chi connectivity index (χ2v) is 9.51. The zero-order valence-electron chi connectivity index (χ0n) is 15.4. The Kier molecular flexibility index (Phi) is 4.15. The minimum atomic E-state index is -3.30. The quantitative estimate of drug-likeness (QED) is 0.447. The maximum Gasteiger partial charge on any atom is 0.329 e. The summed E-state index contributed by atoms with van der Waals surface area (Å²) >= 11 is 0. The molecule has 8 nitrogen and oxygen atoms in total. The predicted octanol–water partition coefficient (Wildman–Crippen LogP) is 2.82. The number of anilines is 2. The molecule has 0 spiro atoms. The zero-order valence-corrected chi connectivity index (χ0v) is 16.2. The van der Waals surface area contributed by atoms with E-state index in [4.69, 9.17) is 0 Å². The van der Waals surface area contributed by atoms with Gasteiger partial charge in [-0.1, -0.05) is 6.07 Å². The molecule has 0 N–H and O–H groups in total. The predicted molar refractivity (Wildman–Crippen MR) is 106 cm³/mol. The summed E-state index contributed by atoms with van der Waals surface area (Å²) in [5.41, 5.74) is 2.99. The van der Waals surface area contributed by atoms with Crippen molar-refractivity contribution in [3.05, 3.63) is 63.7 Å². The van der Waals surface area contributed by atoms with E-state index >= 15 is 0 Å². The number of nitrogens with zero attached hydrogens (tertiary/aromatic N) is 3. The fraction of sp³-hybridized carbons (Fsp3) is 0.316. The number of hydrogen-bond donors (Lipinski definition) is 0. The number of non-ortho nitro benzene ring substituents is 1. The first-order valence-corrected chi connectivity index (χ1v) is 10.6. The summed E-state index contributed by atoms with van der Waals surface area (Å²) in [6, 6.07) is 10.0. The van der Waals surface area contributed by atoms with E-state index in [9.17, 15) is 23.3 Å². The molecule has 0 radical (unpaired) electrons.